The fourth-order valence-electron chi connectivity index (χ4n) is 4.58. The van der Waals surface area contributed by atoms with Crippen LogP contribution in [0.3, 0.4) is 0 Å². The molecule has 3 aromatic carbocycles. The molecule has 0 saturated heterocycles. The van der Waals surface area contributed by atoms with E-state index in [9.17, 15) is 18.0 Å². The lowest BCUT2D eigenvalue weighted by Gasteiger charge is -2.33. The molecule has 0 fully saturated rings. The van der Waals surface area contributed by atoms with Gasteiger partial charge in [0.25, 0.3) is 10.0 Å². The molecule has 0 heterocycles. The lowest BCUT2D eigenvalue weighted by molar-refractivity contribution is -0.140. The van der Waals surface area contributed by atoms with Gasteiger partial charge in [0.2, 0.25) is 11.8 Å². The molecule has 0 spiro atoms. The Balaban J connectivity index is 2.11. The average molecular weight is 550 g/mol. The molecule has 0 aliphatic rings. The molecule has 2 amide bonds. The van der Waals surface area contributed by atoms with E-state index in [1.807, 2.05) is 71.9 Å². The van der Waals surface area contributed by atoms with Gasteiger partial charge in [0.1, 0.15) is 12.6 Å². The summed E-state index contributed by atoms with van der Waals surface area (Å²) in [6.45, 7) is 11.5. The number of benzene rings is 3. The van der Waals surface area contributed by atoms with E-state index in [-0.39, 0.29) is 17.3 Å². The molecule has 0 unspecified atom stereocenters. The number of aryl methyl sites for hydroxylation is 3. The molecular weight excluding hydrogens is 510 g/mol. The van der Waals surface area contributed by atoms with Crippen LogP contribution in [0.25, 0.3) is 0 Å². The topological polar surface area (TPSA) is 86.8 Å². The van der Waals surface area contributed by atoms with Crippen molar-refractivity contribution in [2.75, 3.05) is 17.4 Å². The van der Waals surface area contributed by atoms with Crippen LogP contribution in [0.2, 0.25) is 0 Å². The molecule has 0 aliphatic heterocycles. The number of carbonyl (C=O) groups is 2. The van der Waals surface area contributed by atoms with Crippen molar-refractivity contribution in [1.82, 2.24) is 10.2 Å². The normalized spacial score (nSPS) is 12.1. The van der Waals surface area contributed by atoms with Crippen LogP contribution in [-0.4, -0.2) is 44.3 Å². The van der Waals surface area contributed by atoms with Gasteiger partial charge in [-0.2, -0.15) is 0 Å². The Hall–Kier alpha value is -3.65. The maximum absolute atomic E-state index is 14.1. The van der Waals surface area contributed by atoms with Gasteiger partial charge in [-0.25, -0.2) is 8.42 Å². The fourth-order valence-corrected chi connectivity index (χ4v) is 6.05. The highest BCUT2D eigenvalue weighted by Gasteiger charge is 2.34. The SMILES string of the molecule is CCNC(=O)[C@@H](CC)N(Cc1cccc(C)c1)C(=O)CN(c1cccc(C)c1C)S(=O)(=O)c1ccc(C)cc1. The minimum absolute atomic E-state index is 0.0998. The predicted molar refractivity (Wildman–Crippen MR) is 156 cm³/mol. The van der Waals surface area contributed by atoms with Gasteiger partial charge in [-0.1, -0.05) is 66.6 Å². The zero-order valence-corrected chi connectivity index (χ0v) is 24.5. The first kappa shape index (κ1) is 29.9. The number of hydrogen-bond donors (Lipinski definition) is 1. The van der Waals surface area contributed by atoms with Crippen LogP contribution in [0.15, 0.2) is 71.6 Å². The third-order valence-electron chi connectivity index (χ3n) is 6.90. The van der Waals surface area contributed by atoms with Crippen molar-refractivity contribution in [3.63, 3.8) is 0 Å². The standard InChI is InChI=1S/C31H39N3O4S/c1-7-28(31(36)32-8-2)33(20-26-13-9-11-23(4)19-26)30(35)21-34(29-14-10-12-24(5)25(29)6)39(37,38)27-17-15-22(3)16-18-27/h9-19,28H,7-8,20-21H2,1-6H3,(H,32,36)/t28-/m1/s1. The molecule has 1 atom stereocenters. The summed E-state index contributed by atoms with van der Waals surface area (Å²) in [6.07, 6.45) is 0.386. The van der Waals surface area contributed by atoms with Gasteiger partial charge in [-0.05, 0) is 75.9 Å². The van der Waals surface area contributed by atoms with Crippen LogP contribution in [0.5, 0.6) is 0 Å². The zero-order valence-electron chi connectivity index (χ0n) is 23.7. The van der Waals surface area contributed by atoms with Crippen molar-refractivity contribution in [2.45, 2.75) is 65.4 Å². The maximum Gasteiger partial charge on any atom is 0.264 e. The van der Waals surface area contributed by atoms with Gasteiger partial charge in [-0.3, -0.25) is 13.9 Å². The van der Waals surface area contributed by atoms with Crippen molar-refractivity contribution in [3.8, 4) is 0 Å². The third-order valence-corrected chi connectivity index (χ3v) is 8.68. The zero-order chi connectivity index (χ0) is 28.7. The molecule has 0 aliphatic carbocycles. The van der Waals surface area contributed by atoms with E-state index in [1.54, 1.807) is 36.4 Å². The second-order valence-electron chi connectivity index (χ2n) is 9.87. The van der Waals surface area contributed by atoms with Gasteiger partial charge in [0.15, 0.2) is 0 Å². The maximum atomic E-state index is 14.1. The largest absolute Gasteiger partial charge is 0.355 e. The van der Waals surface area contributed by atoms with E-state index < -0.39 is 28.5 Å². The number of rotatable bonds is 11. The number of nitrogens with one attached hydrogen (secondary N) is 1. The van der Waals surface area contributed by atoms with E-state index >= 15 is 0 Å². The minimum Gasteiger partial charge on any atom is -0.355 e. The highest BCUT2D eigenvalue weighted by atomic mass is 32.2. The lowest BCUT2D eigenvalue weighted by Crippen LogP contribution is -2.52. The monoisotopic (exact) mass is 549 g/mol. The quantitative estimate of drug-likeness (QED) is 0.362. The smallest absolute Gasteiger partial charge is 0.264 e. The van der Waals surface area contributed by atoms with Crippen molar-refractivity contribution in [1.29, 1.82) is 0 Å². The number of amides is 2. The number of likely N-dealkylation sites (N-methyl/N-ethyl adjacent to an activating group) is 1. The highest BCUT2D eigenvalue weighted by Crippen LogP contribution is 2.29. The van der Waals surface area contributed by atoms with Crippen LogP contribution < -0.4 is 9.62 Å². The van der Waals surface area contributed by atoms with E-state index in [4.69, 9.17) is 0 Å². The number of anilines is 1. The van der Waals surface area contributed by atoms with Crippen molar-refractivity contribution < 1.29 is 18.0 Å². The lowest BCUT2D eigenvalue weighted by atomic mass is 10.1. The molecule has 39 heavy (non-hydrogen) atoms. The molecule has 0 radical (unpaired) electrons. The Morgan fingerprint density at radius 2 is 1.54 bits per heavy atom. The Kier molecular flexibility index (Phi) is 9.92. The summed E-state index contributed by atoms with van der Waals surface area (Å²) in [7, 11) is -4.10. The third kappa shape index (κ3) is 7.06. The summed E-state index contributed by atoms with van der Waals surface area (Å²) >= 11 is 0. The summed E-state index contributed by atoms with van der Waals surface area (Å²) < 4.78 is 29.2. The molecule has 0 saturated carbocycles. The van der Waals surface area contributed by atoms with Crippen LogP contribution >= 0.6 is 0 Å². The molecule has 3 aromatic rings. The first-order valence-corrected chi connectivity index (χ1v) is 14.7. The van der Waals surface area contributed by atoms with Crippen molar-refractivity contribution in [3.05, 3.63) is 94.5 Å². The van der Waals surface area contributed by atoms with Crippen molar-refractivity contribution >= 4 is 27.5 Å². The number of sulfonamides is 1. The molecule has 0 aromatic heterocycles. The number of hydrogen-bond acceptors (Lipinski definition) is 4. The molecule has 3 rings (SSSR count). The molecular formula is C31H39N3O4S. The first-order valence-electron chi connectivity index (χ1n) is 13.3. The minimum atomic E-state index is -4.10. The summed E-state index contributed by atoms with van der Waals surface area (Å²) in [6, 6.07) is 19.0. The second-order valence-corrected chi connectivity index (χ2v) is 11.7. The van der Waals surface area contributed by atoms with Crippen molar-refractivity contribution in [2.24, 2.45) is 0 Å². The molecule has 0 bridgehead atoms. The van der Waals surface area contributed by atoms with Crippen LogP contribution in [0, 0.1) is 27.7 Å². The number of carbonyl (C=O) groups excluding carboxylic acids is 2. The highest BCUT2D eigenvalue weighted by molar-refractivity contribution is 7.92. The van der Waals surface area contributed by atoms with E-state index in [2.05, 4.69) is 5.32 Å². The van der Waals surface area contributed by atoms with Gasteiger partial charge in [0, 0.05) is 13.1 Å². The van der Waals surface area contributed by atoms with Gasteiger partial charge in [-0.15, -0.1) is 0 Å². The summed E-state index contributed by atoms with van der Waals surface area (Å²) in [5.74, 6) is -0.716. The van der Waals surface area contributed by atoms with Gasteiger partial charge >= 0.3 is 0 Å². The molecule has 208 valence electrons. The summed E-state index contributed by atoms with van der Waals surface area (Å²) in [4.78, 5) is 28.7. The Morgan fingerprint density at radius 3 is 2.15 bits per heavy atom. The molecule has 8 heteroatoms. The Morgan fingerprint density at radius 1 is 0.872 bits per heavy atom. The Labute approximate surface area is 232 Å². The van der Waals surface area contributed by atoms with Gasteiger partial charge < -0.3 is 10.2 Å². The fraction of sp³-hybridized carbons (Fsp3) is 0.355. The predicted octanol–water partition coefficient (Wildman–Crippen LogP) is 5.06. The Bertz CT molecular complexity index is 1420. The van der Waals surface area contributed by atoms with Gasteiger partial charge in [0.05, 0.1) is 10.6 Å². The summed E-state index contributed by atoms with van der Waals surface area (Å²) in [5, 5.41) is 2.83. The first-order chi connectivity index (χ1) is 18.5. The van der Waals surface area contributed by atoms with Crippen LogP contribution in [-0.2, 0) is 26.2 Å². The van der Waals surface area contributed by atoms with E-state index in [0.29, 0.717) is 18.7 Å². The number of nitrogens with zero attached hydrogens (tertiary/aromatic N) is 2. The summed E-state index contributed by atoms with van der Waals surface area (Å²) in [5.41, 5.74) is 4.94. The second kappa shape index (κ2) is 12.9. The van der Waals surface area contributed by atoms with E-state index in [0.717, 1.165) is 27.8 Å². The average Bonchev–Trinajstić information content (AvgIpc) is 2.89. The van der Waals surface area contributed by atoms with Crippen LogP contribution in [0.4, 0.5) is 5.69 Å². The molecule has 1 N–H and O–H groups in total. The molecule has 7 nitrogen and oxygen atoms in total. The van der Waals surface area contributed by atoms with E-state index in [1.165, 1.54) is 9.21 Å². The van der Waals surface area contributed by atoms with Crippen LogP contribution in [0.1, 0.15) is 48.1 Å².